The van der Waals surface area contributed by atoms with E-state index in [0.717, 1.165) is 33.4 Å². The normalized spacial score (nSPS) is 18.6. The largest absolute Gasteiger partial charge is 0.269 e. The van der Waals surface area contributed by atoms with Gasteiger partial charge in [-0.25, -0.2) is 0 Å². The molecule has 0 aliphatic heterocycles. The van der Waals surface area contributed by atoms with Gasteiger partial charge in [-0.05, 0) is 33.4 Å². The van der Waals surface area contributed by atoms with E-state index < -0.39 is 0 Å². The molecule has 0 amide bonds. The van der Waals surface area contributed by atoms with Crippen LogP contribution in [-0.4, -0.2) is 9.85 Å². The molecule has 0 spiro atoms. The minimum absolute atomic E-state index is 0.0669. The standard InChI is InChI=1S/C20H12N2O4/c23-21(24)11-6-8-16-17(9-11)19-13-3-1-2-4-14(13)20(16)18-10-12(22(25)26)5-7-15(18)19/h1-10,19-20H/t19-,20-/m1/s1. The highest BCUT2D eigenvalue weighted by Crippen LogP contribution is 2.56. The van der Waals surface area contributed by atoms with Gasteiger partial charge in [0.1, 0.15) is 0 Å². The van der Waals surface area contributed by atoms with E-state index in [1.54, 1.807) is 24.3 Å². The fraction of sp³-hybridized carbons (Fsp3) is 0.100. The van der Waals surface area contributed by atoms with Crippen molar-refractivity contribution >= 4 is 11.4 Å². The van der Waals surface area contributed by atoms with Crippen molar-refractivity contribution in [1.82, 2.24) is 0 Å². The highest BCUT2D eigenvalue weighted by molar-refractivity contribution is 5.70. The second-order valence-electron chi connectivity index (χ2n) is 6.64. The summed E-state index contributed by atoms with van der Waals surface area (Å²) in [5, 5.41) is 22.5. The first kappa shape index (κ1) is 14.8. The Morgan fingerprint density at radius 1 is 0.577 bits per heavy atom. The SMILES string of the molecule is O=[N+]([O-])c1ccc2c(c1)[C@@H]1c3ccccc3[C@H]2c2cc([N+](=O)[O-])ccc21. The lowest BCUT2D eigenvalue weighted by molar-refractivity contribution is -0.385. The van der Waals surface area contributed by atoms with E-state index >= 15 is 0 Å². The van der Waals surface area contributed by atoms with Gasteiger partial charge in [0.25, 0.3) is 11.4 Å². The predicted molar refractivity (Wildman–Crippen MR) is 94.5 cm³/mol. The molecule has 6 heteroatoms. The Balaban J connectivity index is 1.83. The third-order valence-corrected chi connectivity index (χ3v) is 5.42. The zero-order valence-corrected chi connectivity index (χ0v) is 13.5. The highest BCUT2D eigenvalue weighted by atomic mass is 16.6. The van der Waals surface area contributed by atoms with Crippen LogP contribution in [0.25, 0.3) is 0 Å². The zero-order chi connectivity index (χ0) is 18.0. The average molecular weight is 344 g/mol. The van der Waals surface area contributed by atoms with Crippen molar-refractivity contribution in [3.8, 4) is 0 Å². The summed E-state index contributed by atoms with van der Waals surface area (Å²) >= 11 is 0. The lowest BCUT2D eigenvalue weighted by Gasteiger charge is -2.41. The van der Waals surface area contributed by atoms with Crippen LogP contribution in [0.15, 0.2) is 60.7 Å². The second-order valence-corrected chi connectivity index (χ2v) is 6.64. The van der Waals surface area contributed by atoms with Gasteiger partial charge in [-0.1, -0.05) is 36.4 Å². The third kappa shape index (κ3) is 1.81. The molecule has 3 aromatic rings. The number of hydrogen-bond acceptors (Lipinski definition) is 4. The van der Waals surface area contributed by atoms with Crippen molar-refractivity contribution in [2.75, 3.05) is 0 Å². The van der Waals surface area contributed by atoms with Gasteiger partial charge >= 0.3 is 0 Å². The molecule has 0 aromatic heterocycles. The summed E-state index contributed by atoms with van der Waals surface area (Å²) in [5.41, 5.74) is 6.20. The molecule has 3 aliphatic rings. The fourth-order valence-corrected chi connectivity index (χ4v) is 4.42. The summed E-state index contributed by atoms with van der Waals surface area (Å²) in [6.07, 6.45) is 0. The molecule has 6 rings (SSSR count). The molecule has 0 radical (unpaired) electrons. The first-order valence-corrected chi connectivity index (χ1v) is 8.21. The Bertz CT molecular complexity index is 1030. The van der Waals surface area contributed by atoms with Crippen LogP contribution >= 0.6 is 0 Å². The minimum Gasteiger partial charge on any atom is -0.258 e. The summed E-state index contributed by atoms with van der Waals surface area (Å²) in [6, 6.07) is 17.9. The van der Waals surface area contributed by atoms with E-state index in [2.05, 4.69) is 0 Å². The van der Waals surface area contributed by atoms with Crippen LogP contribution in [0.3, 0.4) is 0 Å². The quantitative estimate of drug-likeness (QED) is 0.349. The van der Waals surface area contributed by atoms with Gasteiger partial charge in [-0.3, -0.25) is 20.2 Å². The van der Waals surface area contributed by atoms with E-state index in [9.17, 15) is 20.2 Å². The average Bonchev–Trinajstić information content (AvgIpc) is 2.66. The summed E-state index contributed by atoms with van der Waals surface area (Å²) < 4.78 is 0. The molecule has 0 N–H and O–H groups in total. The predicted octanol–water partition coefficient (Wildman–Crippen LogP) is 4.49. The van der Waals surface area contributed by atoms with Crippen LogP contribution in [0.5, 0.6) is 0 Å². The summed E-state index contributed by atoms with van der Waals surface area (Å²) in [7, 11) is 0. The molecule has 2 bridgehead atoms. The molecule has 2 atom stereocenters. The molecule has 6 nitrogen and oxygen atoms in total. The second kappa shape index (κ2) is 4.98. The van der Waals surface area contributed by atoms with Crippen molar-refractivity contribution in [2.24, 2.45) is 0 Å². The fourth-order valence-electron chi connectivity index (χ4n) is 4.42. The first-order chi connectivity index (χ1) is 12.6. The summed E-state index contributed by atoms with van der Waals surface area (Å²) in [5.74, 6) is -0.274. The molecule has 0 fully saturated rings. The Kier molecular flexibility index (Phi) is 2.83. The van der Waals surface area contributed by atoms with Crippen LogP contribution < -0.4 is 0 Å². The number of hydrogen-bond donors (Lipinski definition) is 0. The van der Waals surface area contributed by atoms with Crippen molar-refractivity contribution in [3.05, 3.63) is 114 Å². The van der Waals surface area contributed by atoms with Crippen LogP contribution in [0.1, 0.15) is 45.2 Å². The van der Waals surface area contributed by atoms with E-state index in [1.165, 1.54) is 12.1 Å². The smallest absolute Gasteiger partial charge is 0.258 e. The topological polar surface area (TPSA) is 86.3 Å². The zero-order valence-electron chi connectivity index (χ0n) is 13.5. The van der Waals surface area contributed by atoms with E-state index in [1.807, 2.05) is 24.3 Å². The van der Waals surface area contributed by atoms with Crippen LogP contribution in [0, 0.1) is 20.2 Å². The molecular formula is C20H12N2O4. The van der Waals surface area contributed by atoms with Gasteiger partial charge in [0.2, 0.25) is 0 Å². The number of nitro benzene ring substituents is 2. The van der Waals surface area contributed by atoms with E-state index in [4.69, 9.17) is 0 Å². The van der Waals surface area contributed by atoms with Gasteiger partial charge in [0.15, 0.2) is 0 Å². The lowest BCUT2D eigenvalue weighted by atomic mass is 9.61. The summed E-state index contributed by atoms with van der Waals surface area (Å²) in [4.78, 5) is 21.7. The lowest BCUT2D eigenvalue weighted by Crippen LogP contribution is -2.27. The van der Waals surface area contributed by atoms with Gasteiger partial charge in [-0.2, -0.15) is 0 Å². The maximum Gasteiger partial charge on any atom is 0.269 e. The van der Waals surface area contributed by atoms with E-state index in [-0.39, 0.29) is 33.1 Å². The Hall–Kier alpha value is -3.54. The number of benzene rings is 3. The van der Waals surface area contributed by atoms with Gasteiger partial charge < -0.3 is 0 Å². The molecule has 0 heterocycles. The van der Waals surface area contributed by atoms with E-state index in [0.29, 0.717) is 0 Å². The van der Waals surface area contributed by atoms with Crippen LogP contribution in [0.4, 0.5) is 11.4 Å². The maximum atomic E-state index is 11.2. The van der Waals surface area contributed by atoms with Crippen LogP contribution in [-0.2, 0) is 0 Å². The van der Waals surface area contributed by atoms with Crippen molar-refractivity contribution in [2.45, 2.75) is 11.8 Å². The molecule has 0 saturated carbocycles. The number of non-ortho nitro benzene ring substituents is 2. The van der Waals surface area contributed by atoms with Gasteiger partial charge in [-0.15, -0.1) is 0 Å². The van der Waals surface area contributed by atoms with Crippen LogP contribution in [0.2, 0.25) is 0 Å². The molecule has 3 aromatic carbocycles. The maximum absolute atomic E-state index is 11.2. The van der Waals surface area contributed by atoms with Gasteiger partial charge in [0, 0.05) is 36.1 Å². The molecule has 0 saturated heterocycles. The monoisotopic (exact) mass is 344 g/mol. The van der Waals surface area contributed by atoms with Crippen molar-refractivity contribution in [1.29, 1.82) is 0 Å². The van der Waals surface area contributed by atoms with Gasteiger partial charge in [0.05, 0.1) is 9.85 Å². The Morgan fingerprint density at radius 2 is 0.962 bits per heavy atom. The summed E-state index contributed by atoms with van der Waals surface area (Å²) in [6.45, 7) is 0. The first-order valence-electron chi connectivity index (χ1n) is 8.21. The molecular weight excluding hydrogens is 332 g/mol. The Morgan fingerprint density at radius 3 is 1.35 bits per heavy atom. The Labute approximate surface area is 148 Å². The molecule has 3 aliphatic carbocycles. The molecule has 0 unspecified atom stereocenters. The van der Waals surface area contributed by atoms with Crippen molar-refractivity contribution < 1.29 is 9.85 Å². The number of nitrogens with zero attached hydrogens (tertiary/aromatic N) is 2. The molecule has 126 valence electrons. The number of nitro groups is 2. The van der Waals surface area contributed by atoms with Crippen molar-refractivity contribution in [3.63, 3.8) is 0 Å². The molecule has 26 heavy (non-hydrogen) atoms. The third-order valence-electron chi connectivity index (χ3n) is 5.42. The number of rotatable bonds is 2. The minimum atomic E-state index is -0.384. The highest BCUT2D eigenvalue weighted by Gasteiger charge is 2.42.